The van der Waals surface area contributed by atoms with Crippen LogP contribution in [0.1, 0.15) is 12.5 Å². The highest BCUT2D eigenvalue weighted by Gasteiger charge is 2.19. The molecule has 0 aliphatic carbocycles. The molecule has 162 valence electrons. The number of benzene rings is 2. The number of rotatable bonds is 9. The van der Waals surface area contributed by atoms with Crippen LogP contribution in [0.4, 0.5) is 11.4 Å². The third-order valence-electron chi connectivity index (χ3n) is 3.97. The molecular formula is C19H17ClN4O4S3. The highest BCUT2D eigenvalue weighted by Crippen LogP contribution is 2.34. The third kappa shape index (κ3) is 6.57. The third-order valence-corrected chi connectivity index (χ3v) is 7.62. The number of non-ortho nitro benzene ring substituents is 1. The Morgan fingerprint density at radius 2 is 1.97 bits per heavy atom. The molecule has 0 fully saturated rings. The van der Waals surface area contributed by atoms with Gasteiger partial charge in [0.25, 0.3) is 5.69 Å². The number of carbonyl (C=O) groups excluding carboxylic acids is 1. The lowest BCUT2D eigenvalue weighted by molar-refractivity contribution is -0.384. The van der Waals surface area contributed by atoms with Gasteiger partial charge in [-0.2, -0.15) is 0 Å². The van der Waals surface area contributed by atoms with Gasteiger partial charge in [0.1, 0.15) is 5.75 Å². The molecule has 0 saturated heterocycles. The minimum Gasteiger partial charge on any atom is -0.497 e. The van der Waals surface area contributed by atoms with Crippen molar-refractivity contribution >= 4 is 63.7 Å². The fourth-order valence-corrected chi connectivity index (χ4v) is 5.62. The van der Waals surface area contributed by atoms with Gasteiger partial charge in [-0.15, -0.1) is 10.2 Å². The van der Waals surface area contributed by atoms with Crippen LogP contribution >= 0.6 is 46.5 Å². The molecule has 8 nitrogen and oxygen atoms in total. The first-order valence-electron chi connectivity index (χ1n) is 8.86. The number of amides is 1. The number of thioether (sulfide) groups is 2. The molecule has 0 aliphatic rings. The van der Waals surface area contributed by atoms with E-state index in [1.54, 1.807) is 25.8 Å². The second-order valence-electron chi connectivity index (χ2n) is 6.14. The Hall–Kier alpha value is -2.34. The van der Waals surface area contributed by atoms with Crippen molar-refractivity contribution in [1.82, 2.24) is 10.2 Å². The second kappa shape index (κ2) is 10.8. The highest BCUT2D eigenvalue weighted by atomic mass is 35.5. The molecule has 0 spiro atoms. The van der Waals surface area contributed by atoms with Gasteiger partial charge in [0.15, 0.2) is 8.68 Å². The molecule has 0 radical (unpaired) electrons. The normalized spacial score (nSPS) is 11.7. The standard InChI is InChI=1S/C19H17ClN4O4S3/c1-11(17(25)21-16-9-13(24(26)27)5-8-15(16)20)30-19-23-22-18(31-19)29-10-12-3-6-14(28-2)7-4-12/h3-9,11H,10H2,1-2H3,(H,21,25). The number of anilines is 1. The summed E-state index contributed by atoms with van der Waals surface area (Å²) in [6, 6.07) is 11.7. The Morgan fingerprint density at radius 1 is 1.26 bits per heavy atom. The fraction of sp³-hybridized carbons (Fsp3) is 0.211. The molecule has 1 aromatic heterocycles. The number of nitrogens with one attached hydrogen (secondary N) is 1. The van der Waals surface area contributed by atoms with Gasteiger partial charge in [0, 0.05) is 17.9 Å². The van der Waals surface area contributed by atoms with Crippen molar-refractivity contribution in [2.75, 3.05) is 12.4 Å². The molecule has 0 saturated carbocycles. The van der Waals surface area contributed by atoms with Crippen LogP contribution in [0.2, 0.25) is 5.02 Å². The summed E-state index contributed by atoms with van der Waals surface area (Å²) in [5.41, 5.74) is 1.18. The molecule has 0 bridgehead atoms. The van der Waals surface area contributed by atoms with Gasteiger partial charge in [-0.05, 0) is 30.7 Å². The van der Waals surface area contributed by atoms with E-state index in [0.29, 0.717) is 4.34 Å². The smallest absolute Gasteiger partial charge is 0.271 e. The number of hydrogen-bond donors (Lipinski definition) is 1. The molecule has 1 unspecified atom stereocenters. The number of methoxy groups -OCH3 is 1. The minimum atomic E-state index is -0.545. The summed E-state index contributed by atoms with van der Waals surface area (Å²) in [6.07, 6.45) is 0. The minimum absolute atomic E-state index is 0.150. The molecule has 1 amide bonds. The number of nitrogens with zero attached hydrogens (tertiary/aromatic N) is 3. The van der Waals surface area contributed by atoms with Gasteiger partial charge in [0.2, 0.25) is 5.91 Å². The van der Waals surface area contributed by atoms with Gasteiger partial charge in [-0.25, -0.2) is 0 Å². The van der Waals surface area contributed by atoms with E-state index >= 15 is 0 Å². The number of nitro groups is 1. The molecule has 31 heavy (non-hydrogen) atoms. The zero-order chi connectivity index (χ0) is 22.4. The second-order valence-corrected chi connectivity index (χ2v) is 10.3. The van der Waals surface area contributed by atoms with E-state index in [4.69, 9.17) is 16.3 Å². The molecule has 3 rings (SSSR count). The fourth-order valence-electron chi connectivity index (χ4n) is 2.33. The number of nitro benzene ring substituents is 1. The first-order valence-corrected chi connectivity index (χ1v) is 11.9. The van der Waals surface area contributed by atoms with Gasteiger partial charge in [0.05, 0.1) is 28.0 Å². The summed E-state index contributed by atoms with van der Waals surface area (Å²) in [4.78, 5) is 22.9. The lowest BCUT2D eigenvalue weighted by Crippen LogP contribution is -2.22. The van der Waals surface area contributed by atoms with E-state index in [9.17, 15) is 14.9 Å². The topological polar surface area (TPSA) is 107 Å². The predicted molar refractivity (Wildman–Crippen MR) is 125 cm³/mol. The van der Waals surface area contributed by atoms with Crippen LogP contribution in [0.25, 0.3) is 0 Å². The van der Waals surface area contributed by atoms with E-state index in [0.717, 1.165) is 21.4 Å². The summed E-state index contributed by atoms with van der Waals surface area (Å²) in [7, 11) is 1.63. The predicted octanol–water partition coefficient (Wildman–Crippen LogP) is 5.52. The van der Waals surface area contributed by atoms with Crippen LogP contribution in [0.3, 0.4) is 0 Å². The molecule has 2 aromatic carbocycles. The van der Waals surface area contributed by atoms with Crippen molar-refractivity contribution in [2.24, 2.45) is 0 Å². The van der Waals surface area contributed by atoms with Crippen molar-refractivity contribution < 1.29 is 14.5 Å². The summed E-state index contributed by atoms with van der Waals surface area (Å²) >= 11 is 10.3. The van der Waals surface area contributed by atoms with Crippen molar-refractivity contribution in [1.29, 1.82) is 0 Å². The van der Waals surface area contributed by atoms with E-state index in [-0.39, 0.29) is 22.3 Å². The maximum absolute atomic E-state index is 12.5. The molecule has 3 aromatic rings. The van der Waals surface area contributed by atoms with Crippen LogP contribution in [-0.2, 0) is 10.5 Å². The quantitative estimate of drug-likeness (QED) is 0.234. The molecular weight excluding hydrogens is 480 g/mol. The first kappa shape index (κ1) is 23.3. The average molecular weight is 497 g/mol. The summed E-state index contributed by atoms with van der Waals surface area (Å²) in [5, 5.41) is 21.6. The first-order chi connectivity index (χ1) is 14.9. The van der Waals surface area contributed by atoms with E-state index in [1.165, 1.54) is 41.3 Å². The van der Waals surface area contributed by atoms with E-state index in [2.05, 4.69) is 15.5 Å². The van der Waals surface area contributed by atoms with Gasteiger partial charge in [-0.3, -0.25) is 14.9 Å². The number of hydrogen-bond acceptors (Lipinski definition) is 9. The largest absolute Gasteiger partial charge is 0.497 e. The van der Waals surface area contributed by atoms with E-state index < -0.39 is 10.2 Å². The van der Waals surface area contributed by atoms with Crippen molar-refractivity contribution in [2.45, 2.75) is 26.6 Å². The number of carbonyl (C=O) groups is 1. The van der Waals surface area contributed by atoms with Gasteiger partial charge >= 0.3 is 0 Å². The zero-order valence-electron chi connectivity index (χ0n) is 16.4. The van der Waals surface area contributed by atoms with Crippen LogP contribution in [0, 0.1) is 10.1 Å². The Kier molecular flexibility index (Phi) is 8.13. The summed E-state index contributed by atoms with van der Waals surface area (Å²) in [5.74, 6) is 1.21. The molecule has 1 heterocycles. The average Bonchev–Trinajstić information content (AvgIpc) is 3.21. The lowest BCUT2D eigenvalue weighted by atomic mass is 10.2. The van der Waals surface area contributed by atoms with Crippen LogP contribution in [0.5, 0.6) is 5.75 Å². The van der Waals surface area contributed by atoms with Crippen molar-refractivity contribution in [3.8, 4) is 5.75 Å². The molecule has 0 aliphatic heterocycles. The maximum Gasteiger partial charge on any atom is 0.271 e. The maximum atomic E-state index is 12.5. The van der Waals surface area contributed by atoms with Gasteiger partial charge < -0.3 is 10.1 Å². The highest BCUT2D eigenvalue weighted by molar-refractivity contribution is 8.03. The Balaban J connectivity index is 1.55. The molecule has 12 heteroatoms. The van der Waals surface area contributed by atoms with Crippen LogP contribution < -0.4 is 10.1 Å². The molecule has 1 N–H and O–H groups in total. The van der Waals surface area contributed by atoms with Crippen molar-refractivity contribution in [3.63, 3.8) is 0 Å². The van der Waals surface area contributed by atoms with Gasteiger partial charge in [-0.1, -0.05) is 58.6 Å². The summed E-state index contributed by atoms with van der Waals surface area (Å²) in [6.45, 7) is 1.72. The van der Waals surface area contributed by atoms with Crippen molar-refractivity contribution in [3.05, 3.63) is 63.2 Å². The number of ether oxygens (including phenoxy) is 1. The van der Waals surface area contributed by atoms with Crippen LogP contribution in [-0.4, -0.2) is 33.4 Å². The SMILES string of the molecule is COc1ccc(CSc2nnc(SC(C)C(=O)Nc3cc([N+](=O)[O-])ccc3Cl)s2)cc1. The Morgan fingerprint density at radius 3 is 2.65 bits per heavy atom. The Bertz CT molecular complexity index is 1080. The lowest BCUT2D eigenvalue weighted by Gasteiger charge is -2.11. The monoisotopic (exact) mass is 496 g/mol. The number of halogens is 1. The number of aromatic nitrogens is 2. The molecule has 1 atom stereocenters. The van der Waals surface area contributed by atoms with Crippen LogP contribution in [0.15, 0.2) is 51.1 Å². The zero-order valence-corrected chi connectivity index (χ0v) is 19.6. The summed E-state index contributed by atoms with van der Waals surface area (Å²) < 4.78 is 6.61. The Labute approximate surface area is 195 Å². The van der Waals surface area contributed by atoms with E-state index in [1.807, 2.05) is 24.3 Å².